The third-order valence-electron chi connectivity index (χ3n) is 3.34. The van der Waals surface area contributed by atoms with Crippen LogP contribution < -0.4 is 0 Å². The van der Waals surface area contributed by atoms with Gasteiger partial charge in [0.25, 0.3) is 5.91 Å². The first-order valence-electron chi connectivity index (χ1n) is 7.18. The molecule has 0 bridgehead atoms. The second-order valence-electron chi connectivity index (χ2n) is 5.38. The molecule has 0 fully saturated rings. The van der Waals surface area contributed by atoms with E-state index in [1.807, 2.05) is 0 Å². The molecule has 3 aromatic heterocycles. The molecule has 3 rings (SSSR count). The third-order valence-corrected chi connectivity index (χ3v) is 4.44. The fraction of sp³-hybridized carbons (Fsp3) is 0.188. The quantitative estimate of drug-likeness (QED) is 0.710. The maximum atomic E-state index is 13.4. The first-order chi connectivity index (χ1) is 11.8. The van der Waals surface area contributed by atoms with Gasteiger partial charge in [-0.25, -0.2) is 9.67 Å². The number of aromatic nitrogens is 3. The van der Waals surface area contributed by atoms with E-state index in [9.17, 15) is 18.0 Å². The lowest BCUT2D eigenvalue weighted by atomic mass is 10.3. The summed E-state index contributed by atoms with van der Waals surface area (Å²) < 4.78 is 40.8. The van der Waals surface area contributed by atoms with E-state index in [0.29, 0.717) is 9.75 Å². The largest absolute Gasteiger partial charge is 0.433 e. The van der Waals surface area contributed by atoms with Crippen LogP contribution in [0.1, 0.15) is 15.4 Å². The number of hydrogen-bond donors (Lipinski definition) is 0. The predicted molar refractivity (Wildman–Crippen MR) is 87.7 cm³/mol. The Morgan fingerprint density at radius 3 is 2.56 bits per heavy atom. The third kappa shape index (κ3) is 3.41. The van der Waals surface area contributed by atoms with Crippen LogP contribution in [0.5, 0.6) is 0 Å². The van der Waals surface area contributed by atoms with Crippen molar-refractivity contribution in [3.05, 3.63) is 53.2 Å². The number of alkyl halides is 3. The second-order valence-corrected chi connectivity index (χ2v) is 6.46. The zero-order valence-corrected chi connectivity index (χ0v) is 14.1. The van der Waals surface area contributed by atoms with E-state index in [4.69, 9.17) is 0 Å². The average Bonchev–Trinajstić information content (AvgIpc) is 3.21. The smallest absolute Gasteiger partial charge is 0.344 e. The van der Waals surface area contributed by atoms with E-state index < -0.39 is 11.9 Å². The van der Waals surface area contributed by atoms with Crippen LogP contribution in [0.15, 0.2) is 42.6 Å². The summed E-state index contributed by atoms with van der Waals surface area (Å²) in [7, 11) is 3.22. The van der Waals surface area contributed by atoms with Crippen molar-refractivity contribution in [3.8, 4) is 16.4 Å². The Balaban J connectivity index is 2.07. The average molecular weight is 366 g/mol. The highest BCUT2D eigenvalue weighted by Crippen LogP contribution is 2.35. The molecule has 0 atom stereocenters. The Morgan fingerprint density at radius 2 is 1.96 bits per heavy atom. The summed E-state index contributed by atoms with van der Waals surface area (Å²) in [5, 5.41) is 4.05. The highest BCUT2D eigenvalue weighted by atomic mass is 32.1. The van der Waals surface area contributed by atoms with Crippen molar-refractivity contribution < 1.29 is 18.0 Å². The van der Waals surface area contributed by atoms with Gasteiger partial charge in [-0.2, -0.15) is 18.3 Å². The first-order valence-corrected chi connectivity index (χ1v) is 7.99. The highest BCUT2D eigenvalue weighted by Gasteiger charge is 2.37. The Labute approximate surface area is 145 Å². The minimum atomic E-state index is -4.58. The summed E-state index contributed by atoms with van der Waals surface area (Å²) in [6, 6.07) is 8.77. The molecule has 5 nitrogen and oxygen atoms in total. The number of hydrogen-bond acceptors (Lipinski definition) is 4. The van der Waals surface area contributed by atoms with Crippen molar-refractivity contribution in [2.45, 2.75) is 6.18 Å². The Kier molecular flexibility index (Phi) is 4.34. The minimum Gasteiger partial charge on any atom is -0.344 e. The van der Waals surface area contributed by atoms with Crippen LogP contribution in [0.2, 0.25) is 0 Å². The van der Waals surface area contributed by atoms with Crippen molar-refractivity contribution in [1.29, 1.82) is 0 Å². The van der Waals surface area contributed by atoms with Gasteiger partial charge in [0.15, 0.2) is 11.5 Å². The molecule has 0 aliphatic carbocycles. The lowest BCUT2D eigenvalue weighted by Crippen LogP contribution is -2.20. The van der Waals surface area contributed by atoms with E-state index in [2.05, 4.69) is 10.1 Å². The molecule has 0 aromatic carbocycles. The van der Waals surface area contributed by atoms with Crippen molar-refractivity contribution in [1.82, 2.24) is 19.7 Å². The number of nitrogens with zero attached hydrogens (tertiary/aromatic N) is 4. The van der Waals surface area contributed by atoms with Gasteiger partial charge in [0.05, 0.1) is 9.75 Å². The van der Waals surface area contributed by atoms with Crippen molar-refractivity contribution in [2.24, 2.45) is 0 Å². The summed E-state index contributed by atoms with van der Waals surface area (Å²) in [4.78, 5) is 18.2. The number of halogens is 3. The number of carbonyl (C=O) groups excluding carboxylic acids is 1. The number of carbonyl (C=O) groups is 1. The molecule has 0 spiro atoms. The fourth-order valence-corrected chi connectivity index (χ4v) is 3.15. The van der Waals surface area contributed by atoms with E-state index in [1.54, 1.807) is 38.4 Å². The Bertz CT molecular complexity index is 900. The summed E-state index contributed by atoms with van der Waals surface area (Å²) >= 11 is 1.10. The summed E-state index contributed by atoms with van der Waals surface area (Å²) in [6.07, 6.45) is -3.18. The van der Waals surface area contributed by atoms with Crippen LogP contribution in [0.3, 0.4) is 0 Å². The van der Waals surface area contributed by atoms with Crippen LogP contribution in [0.25, 0.3) is 16.4 Å². The standard InChI is InChI=1S/C16H13F3N4OS/c1-22(2)15(24)12-7-6-11(25-12)10-9-13(16(17,18)19)23(21-10)14-5-3-4-8-20-14/h3-9H,1-2H3. The van der Waals surface area contributed by atoms with Crippen LogP contribution >= 0.6 is 11.3 Å². The SMILES string of the molecule is CN(C)C(=O)c1ccc(-c2cc(C(F)(F)F)n(-c3ccccn3)n2)s1. The summed E-state index contributed by atoms with van der Waals surface area (Å²) in [5.74, 6) is -0.140. The molecular formula is C16H13F3N4OS. The fourth-order valence-electron chi connectivity index (χ4n) is 2.17. The van der Waals surface area contributed by atoms with Gasteiger partial charge in [-0.05, 0) is 30.3 Å². The zero-order chi connectivity index (χ0) is 18.2. The van der Waals surface area contributed by atoms with E-state index in [1.165, 1.54) is 17.2 Å². The molecule has 25 heavy (non-hydrogen) atoms. The Morgan fingerprint density at radius 1 is 1.20 bits per heavy atom. The molecule has 0 N–H and O–H groups in total. The van der Waals surface area contributed by atoms with Gasteiger partial charge in [-0.3, -0.25) is 4.79 Å². The zero-order valence-electron chi connectivity index (χ0n) is 13.3. The van der Waals surface area contributed by atoms with Gasteiger partial charge in [-0.1, -0.05) is 6.07 Å². The van der Waals surface area contributed by atoms with Crippen LogP contribution in [0, 0.1) is 0 Å². The number of thiophene rings is 1. The van der Waals surface area contributed by atoms with Gasteiger partial charge in [0, 0.05) is 20.3 Å². The normalized spacial score (nSPS) is 11.6. The summed E-state index contributed by atoms with van der Waals surface area (Å²) in [6.45, 7) is 0. The van der Waals surface area contributed by atoms with Crippen molar-refractivity contribution >= 4 is 17.2 Å². The molecule has 130 valence electrons. The van der Waals surface area contributed by atoms with E-state index >= 15 is 0 Å². The van der Waals surface area contributed by atoms with Crippen molar-refractivity contribution in [3.63, 3.8) is 0 Å². The van der Waals surface area contributed by atoms with Crippen molar-refractivity contribution in [2.75, 3.05) is 14.1 Å². The van der Waals surface area contributed by atoms with Gasteiger partial charge in [-0.15, -0.1) is 11.3 Å². The lowest BCUT2D eigenvalue weighted by Gasteiger charge is -2.08. The molecule has 3 heterocycles. The number of pyridine rings is 1. The molecule has 0 aliphatic rings. The molecule has 0 saturated carbocycles. The number of rotatable bonds is 3. The molecule has 0 saturated heterocycles. The highest BCUT2D eigenvalue weighted by molar-refractivity contribution is 7.17. The predicted octanol–water partition coefficient (Wildman–Crippen LogP) is 3.72. The molecule has 9 heteroatoms. The van der Waals surface area contributed by atoms with Crippen LogP contribution in [-0.2, 0) is 6.18 Å². The van der Waals surface area contributed by atoms with Gasteiger partial charge >= 0.3 is 6.18 Å². The molecule has 0 aliphatic heterocycles. The van der Waals surface area contributed by atoms with Gasteiger partial charge < -0.3 is 4.90 Å². The van der Waals surface area contributed by atoms with Crippen LogP contribution in [-0.4, -0.2) is 39.7 Å². The molecule has 3 aromatic rings. The maximum Gasteiger partial charge on any atom is 0.433 e. The molecule has 1 amide bonds. The second kappa shape index (κ2) is 6.32. The molecule has 0 unspecified atom stereocenters. The minimum absolute atomic E-state index is 0.0715. The van der Waals surface area contributed by atoms with Gasteiger partial charge in [0.1, 0.15) is 5.69 Å². The molecular weight excluding hydrogens is 353 g/mol. The Hall–Kier alpha value is -2.68. The van der Waals surface area contributed by atoms with E-state index in [-0.39, 0.29) is 17.4 Å². The molecule has 0 radical (unpaired) electrons. The number of amides is 1. The maximum absolute atomic E-state index is 13.4. The van der Waals surface area contributed by atoms with Crippen LogP contribution in [0.4, 0.5) is 13.2 Å². The first kappa shape index (κ1) is 17.2. The summed E-state index contributed by atoms with van der Waals surface area (Å²) in [5.41, 5.74) is -0.782. The van der Waals surface area contributed by atoms with E-state index in [0.717, 1.165) is 22.1 Å². The lowest BCUT2D eigenvalue weighted by molar-refractivity contribution is -0.142. The monoisotopic (exact) mass is 366 g/mol. The topological polar surface area (TPSA) is 51.0 Å². The van der Waals surface area contributed by atoms with Gasteiger partial charge in [0.2, 0.25) is 0 Å².